The van der Waals surface area contributed by atoms with E-state index in [2.05, 4.69) is 15.9 Å². The minimum Gasteiger partial charge on any atom is -0.375 e. The molecule has 0 saturated heterocycles. The van der Waals surface area contributed by atoms with Crippen LogP contribution in [0, 0.1) is 5.92 Å². The zero-order valence-corrected chi connectivity index (χ0v) is 16.8. The molecule has 3 rings (SSSR count). The third-order valence-electron chi connectivity index (χ3n) is 4.83. The second kappa shape index (κ2) is 7.14. The lowest BCUT2D eigenvalue weighted by molar-refractivity contribution is -0.139. The lowest BCUT2D eigenvalue weighted by Gasteiger charge is -2.28. The second-order valence-corrected chi connectivity index (χ2v) is 7.83. The van der Waals surface area contributed by atoms with Gasteiger partial charge in [-0.2, -0.15) is 0 Å². The van der Waals surface area contributed by atoms with Crippen molar-refractivity contribution >= 4 is 44.9 Å². The molecule has 1 aliphatic heterocycles. The third kappa shape index (κ3) is 2.98. The highest BCUT2D eigenvalue weighted by molar-refractivity contribution is 9.10. The molecule has 6 heteroatoms. The zero-order valence-electron chi connectivity index (χ0n) is 14.5. The van der Waals surface area contributed by atoms with Crippen LogP contribution in [0.25, 0.3) is 0 Å². The highest BCUT2D eigenvalue weighted by Gasteiger charge is 2.55. The summed E-state index contributed by atoms with van der Waals surface area (Å²) in [7, 11) is 0. The Morgan fingerprint density at radius 1 is 1.27 bits per heavy atom. The summed E-state index contributed by atoms with van der Waals surface area (Å²) in [6.45, 7) is 4.04. The number of carbonyl (C=O) groups is 2. The summed E-state index contributed by atoms with van der Waals surface area (Å²) >= 11 is 9.28. The first-order valence-electron chi connectivity index (χ1n) is 8.44. The van der Waals surface area contributed by atoms with Crippen LogP contribution < -0.4 is 4.90 Å². The Bertz CT molecular complexity index is 868. The highest BCUT2D eigenvalue weighted by Crippen LogP contribution is 2.46. The quantitative estimate of drug-likeness (QED) is 0.699. The molecule has 2 atom stereocenters. The summed E-state index contributed by atoms with van der Waals surface area (Å²) in [5.74, 6) is -1.70. The number of nitrogens with zero attached hydrogens (tertiary/aromatic N) is 1. The van der Waals surface area contributed by atoms with E-state index in [-0.39, 0.29) is 5.78 Å². The van der Waals surface area contributed by atoms with E-state index in [1.165, 1.54) is 0 Å². The molecule has 2 aromatic rings. The molecule has 1 amide bonds. The van der Waals surface area contributed by atoms with Gasteiger partial charge in [0.1, 0.15) is 0 Å². The minimum atomic E-state index is -1.90. The van der Waals surface area contributed by atoms with Crippen molar-refractivity contribution < 1.29 is 14.7 Å². The number of carbonyl (C=O) groups excluding carboxylic acids is 2. The number of Topliss-reactive ketones (excluding diaryl/α,β-unsaturated/α-hetero) is 1. The van der Waals surface area contributed by atoms with Crippen LogP contribution in [0.15, 0.2) is 46.9 Å². The van der Waals surface area contributed by atoms with Gasteiger partial charge in [-0.3, -0.25) is 9.59 Å². The monoisotopic (exact) mass is 435 g/mol. The van der Waals surface area contributed by atoms with Crippen LogP contribution in [0.4, 0.5) is 5.69 Å². The number of benzene rings is 2. The van der Waals surface area contributed by atoms with Crippen molar-refractivity contribution in [3.8, 4) is 0 Å². The van der Waals surface area contributed by atoms with Gasteiger partial charge in [0.25, 0.3) is 5.91 Å². The number of fused-ring (bicyclic) bond motifs is 1. The van der Waals surface area contributed by atoms with Crippen LogP contribution in [-0.2, 0) is 10.4 Å². The molecule has 0 aliphatic carbocycles. The van der Waals surface area contributed by atoms with Crippen molar-refractivity contribution in [3.05, 3.63) is 63.1 Å². The summed E-state index contributed by atoms with van der Waals surface area (Å²) in [6, 6.07) is 11.8. The summed E-state index contributed by atoms with van der Waals surface area (Å²) < 4.78 is 0.743. The average Bonchev–Trinajstić information content (AvgIpc) is 2.84. The Hall–Kier alpha value is -1.69. The van der Waals surface area contributed by atoms with Crippen molar-refractivity contribution in [2.45, 2.75) is 25.9 Å². The largest absolute Gasteiger partial charge is 0.375 e. The first kappa shape index (κ1) is 19.1. The fourth-order valence-corrected chi connectivity index (χ4v) is 3.88. The average molecular weight is 437 g/mol. The smallest absolute Gasteiger partial charge is 0.264 e. The highest BCUT2D eigenvalue weighted by atomic mass is 79.9. The summed E-state index contributed by atoms with van der Waals surface area (Å²) in [5, 5.41) is 12.0. The fourth-order valence-electron chi connectivity index (χ4n) is 3.40. The number of rotatable bonds is 5. The van der Waals surface area contributed by atoms with Gasteiger partial charge in [0, 0.05) is 27.2 Å². The van der Waals surface area contributed by atoms with Gasteiger partial charge in [-0.15, -0.1) is 0 Å². The molecule has 2 unspecified atom stereocenters. The first-order valence-corrected chi connectivity index (χ1v) is 9.62. The molecular formula is C20H19BrClNO3. The molecule has 0 radical (unpaired) electrons. The number of ketones is 1. The predicted octanol–water partition coefficient (Wildman–Crippen LogP) is 4.57. The van der Waals surface area contributed by atoms with Gasteiger partial charge in [0.2, 0.25) is 0 Å². The number of hydrogen-bond donors (Lipinski definition) is 1. The number of anilines is 1. The van der Waals surface area contributed by atoms with Crippen LogP contribution >= 0.6 is 27.5 Å². The number of amides is 1. The van der Waals surface area contributed by atoms with E-state index in [9.17, 15) is 14.7 Å². The minimum absolute atomic E-state index is 0.304. The first-order chi connectivity index (χ1) is 12.3. The molecule has 136 valence electrons. The molecule has 0 fully saturated rings. The van der Waals surface area contributed by atoms with Crippen LogP contribution in [0.1, 0.15) is 36.2 Å². The lowest BCUT2D eigenvalue weighted by Crippen LogP contribution is -2.47. The van der Waals surface area contributed by atoms with E-state index >= 15 is 0 Å². The van der Waals surface area contributed by atoms with Crippen LogP contribution in [-0.4, -0.2) is 23.3 Å². The van der Waals surface area contributed by atoms with Crippen molar-refractivity contribution in [2.75, 3.05) is 11.4 Å². The zero-order chi connectivity index (χ0) is 19.1. The Balaban J connectivity index is 2.07. The van der Waals surface area contributed by atoms with Crippen LogP contribution in [0.3, 0.4) is 0 Å². The van der Waals surface area contributed by atoms with Crippen molar-refractivity contribution in [3.63, 3.8) is 0 Å². The molecule has 0 saturated carbocycles. The van der Waals surface area contributed by atoms with Crippen molar-refractivity contribution in [2.24, 2.45) is 5.92 Å². The molecule has 4 nitrogen and oxygen atoms in total. The summed E-state index contributed by atoms with van der Waals surface area (Å²) in [4.78, 5) is 27.6. The number of hydrogen-bond acceptors (Lipinski definition) is 3. The van der Waals surface area contributed by atoms with Crippen molar-refractivity contribution in [1.82, 2.24) is 0 Å². The second-order valence-electron chi connectivity index (χ2n) is 6.48. The molecule has 1 N–H and O–H groups in total. The van der Waals surface area contributed by atoms with Gasteiger partial charge in [-0.1, -0.05) is 41.4 Å². The van der Waals surface area contributed by atoms with Gasteiger partial charge in [-0.25, -0.2) is 0 Å². The fraction of sp³-hybridized carbons (Fsp3) is 0.300. The Kier molecular flexibility index (Phi) is 5.24. The maximum atomic E-state index is 13.1. The molecule has 1 aliphatic rings. The summed E-state index contributed by atoms with van der Waals surface area (Å²) in [6.07, 6.45) is 0.747. The van der Waals surface area contributed by atoms with E-state index < -0.39 is 17.4 Å². The predicted molar refractivity (Wildman–Crippen MR) is 106 cm³/mol. The van der Waals surface area contributed by atoms with Gasteiger partial charge in [0.15, 0.2) is 11.4 Å². The molecule has 26 heavy (non-hydrogen) atoms. The third-order valence-corrected chi connectivity index (χ3v) is 5.57. The lowest BCUT2D eigenvalue weighted by atomic mass is 9.79. The normalized spacial score (nSPS) is 20.2. The molecule has 0 aromatic heterocycles. The maximum absolute atomic E-state index is 13.1. The van der Waals surface area contributed by atoms with Gasteiger partial charge in [0.05, 0.1) is 11.6 Å². The number of aliphatic hydroxyl groups is 1. The SMILES string of the molecule is CCCN1C(=O)C(O)(C(C)C(=O)c2ccc(Cl)cc2)c2cc(Br)ccc21. The maximum Gasteiger partial charge on any atom is 0.264 e. The number of halogens is 2. The Morgan fingerprint density at radius 2 is 1.92 bits per heavy atom. The van der Waals surface area contributed by atoms with E-state index in [4.69, 9.17) is 11.6 Å². The molecular weight excluding hydrogens is 418 g/mol. The van der Waals surface area contributed by atoms with E-state index in [0.717, 1.165) is 10.9 Å². The molecule has 0 spiro atoms. The Morgan fingerprint density at radius 3 is 2.54 bits per heavy atom. The van der Waals surface area contributed by atoms with Gasteiger partial charge >= 0.3 is 0 Å². The Labute approximate surface area is 165 Å². The van der Waals surface area contributed by atoms with E-state index in [1.807, 2.05) is 13.0 Å². The van der Waals surface area contributed by atoms with Crippen LogP contribution in [0.2, 0.25) is 5.02 Å². The molecule has 2 aromatic carbocycles. The molecule has 1 heterocycles. The van der Waals surface area contributed by atoms with E-state index in [0.29, 0.717) is 28.4 Å². The van der Waals surface area contributed by atoms with Crippen molar-refractivity contribution in [1.29, 1.82) is 0 Å². The van der Waals surface area contributed by atoms with Gasteiger partial charge in [-0.05, 0) is 48.9 Å². The van der Waals surface area contributed by atoms with Crippen LogP contribution in [0.5, 0.6) is 0 Å². The standard InChI is InChI=1S/C20H19BrClNO3/c1-3-10-23-17-9-6-14(21)11-16(17)20(26,19(23)25)12(2)18(24)13-4-7-15(22)8-5-13/h4-9,11-12,26H,3,10H2,1-2H3. The molecule has 0 bridgehead atoms. The topological polar surface area (TPSA) is 57.6 Å². The van der Waals surface area contributed by atoms with E-state index in [1.54, 1.807) is 48.2 Å². The summed E-state index contributed by atoms with van der Waals surface area (Å²) in [5.41, 5.74) is -0.377. The van der Waals surface area contributed by atoms with Gasteiger partial charge < -0.3 is 10.0 Å².